The van der Waals surface area contributed by atoms with Gasteiger partial charge in [0.2, 0.25) is 5.91 Å². The summed E-state index contributed by atoms with van der Waals surface area (Å²) in [6, 6.07) is -0.299. The summed E-state index contributed by atoms with van der Waals surface area (Å²) in [5.74, 6) is -1.03. The van der Waals surface area contributed by atoms with Crippen LogP contribution in [0.1, 0.15) is 25.7 Å². The van der Waals surface area contributed by atoms with E-state index in [1.54, 1.807) is 0 Å². The van der Waals surface area contributed by atoms with Crippen molar-refractivity contribution < 1.29 is 18.0 Å². The maximum Gasteiger partial charge on any atom is 0.405 e. The molecule has 88 valence electrons. The maximum atomic E-state index is 11.8. The molecule has 1 saturated carbocycles. The second-order valence-electron chi connectivity index (χ2n) is 3.89. The minimum atomic E-state index is -4.35. The van der Waals surface area contributed by atoms with Crippen molar-refractivity contribution in [2.45, 2.75) is 37.9 Å². The lowest BCUT2D eigenvalue weighted by molar-refractivity contribution is -0.141. The molecule has 0 aromatic carbocycles. The molecule has 1 amide bonds. The summed E-state index contributed by atoms with van der Waals surface area (Å²) in [4.78, 5) is 11.4. The fraction of sp³-hybridized carbons (Fsp3) is 0.889. The van der Waals surface area contributed by atoms with Crippen molar-refractivity contribution in [1.82, 2.24) is 5.32 Å². The van der Waals surface area contributed by atoms with Crippen LogP contribution in [0.2, 0.25) is 0 Å². The number of carbonyl (C=O) groups excluding carboxylic acids is 1. The van der Waals surface area contributed by atoms with Crippen LogP contribution in [0.4, 0.5) is 13.2 Å². The first-order valence-corrected chi connectivity index (χ1v) is 5.00. The van der Waals surface area contributed by atoms with Crippen molar-refractivity contribution in [3.05, 3.63) is 0 Å². The SMILES string of the molecule is N[C@H]1CCCCC1C(=O)NCC(F)(F)F. The average molecular weight is 224 g/mol. The van der Waals surface area contributed by atoms with Crippen molar-refractivity contribution in [3.8, 4) is 0 Å². The molecule has 0 spiro atoms. The second kappa shape index (κ2) is 4.83. The molecular weight excluding hydrogens is 209 g/mol. The monoisotopic (exact) mass is 224 g/mol. The molecule has 15 heavy (non-hydrogen) atoms. The van der Waals surface area contributed by atoms with E-state index in [9.17, 15) is 18.0 Å². The van der Waals surface area contributed by atoms with Crippen LogP contribution in [-0.4, -0.2) is 24.7 Å². The Morgan fingerprint density at radius 1 is 1.33 bits per heavy atom. The first-order valence-electron chi connectivity index (χ1n) is 5.00. The van der Waals surface area contributed by atoms with Gasteiger partial charge < -0.3 is 11.1 Å². The van der Waals surface area contributed by atoms with E-state index in [0.717, 1.165) is 12.8 Å². The van der Waals surface area contributed by atoms with Crippen LogP contribution >= 0.6 is 0 Å². The van der Waals surface area contributed by atoms with Gasteiger partial charge in [0, 0.05) is 6.04 Å². The lowest BCUT2D eigenvalue weighted by atomic mass is 9.84. The van der Waals surface area contributed by atoms with Crippen molar-refractivity contribution in [1.29, 1.82) is 0 Å². The number of rotatable bonds is 2. The Balaban J connectivity index is 2.39. The van der Waals surface area contributed by atoms with E-state index in [1.807, 2.05) is 5.32 Å². The fourth-order valence-electron chi connectivity index (χ4n) is 1.80. The number of amides is 1. The van der Waals surface area contributed by atoms with Gasteiger partial charge in [-0.05, 0) is 12.8 Å². The zero-order valence-corrected chi connectivity index (χ0v) is 8.31. The van der Waals surface area contributed by atoms with Gasteiger partial charge in [-0.15, -0.1) is 0 Å². The van der Waals surface area contributed by atoms with E-state index in [4.69, 9.17) is 5.73 Å². The second-order valence-corrected chi connectivity index (χ2v) is 3.89. The molecule has 1 unspecified atom stereocenters. The normalized spacial score (nSPS) is 27.5. The van der Waals surface area contributed by atoms with Crippen LogP contribution in [0.15, 0.2) is 0 Å². The summed E-state index contributed by atoms with van der Waals surface area (Å²) in [6.07, 6.45) is -1.24. The van der Waals surface area contributed by atoms with Crippen LogP contribution in [0.25, 0.3) is 0 Å². The molecule has 0 bridgehead atoms. The number of hydrogen-bond acceptors (Lipinski definition) is 2. The van der Waals surface area contributed by atoms with Crippen LogP contribution in [0.3, 0.4) is 0 Å². The van der Waals surface area contributed by atoms with Gasteiger partial charge in [-0.1, -0.05) is 12.8 Å². The van der Waals surface area contributed by atoms with Crippen LogP contribution < -0.4 is 11.1 Å². The number of carbonyl (C=O) groups is 1. The van der Waals surface area contributed by atoms with Crippen molar-refractivity contribution >= 4 is 5.91 Å². The molecule has 3 nitrogen and oxygen atoms in total. The summed E-state index contributed by atoms with van der Waals surface area (Å²) >= 11 is 0. The van der Waals surface area contributed by atoms with Gasteiger partial charge in [0.15, 0.2) is 0 Å². The zero-order chi connectivity index (χ0) is 11.5. The standard InChI is InChI=1S/C9H15F3N2O/c10-9(11,12)5-14-8(15)6-3-1-2-4-7(6)13/h6-7H,1-5,13H2,(H,14,15)/t6?,7-/m0/s1. The van der Waals surface area contributed by atoms with Gasteiger partial charge in [-0.25, -0.2) is 0 Å². The highest BCUT2D eigenvalue weighted by Crippen LogP contribution is 2.23. The molecule has 1 fully saturated rings. The Labute approximate surface area is 86.2 Å². The van der Waals surface area contributed by atoms with Gasteiger partial charge in [0.25, 0.3) is 0 Å². The molecule has 3 N–H and O–H groups in total. The van der Waals surface area contributed by atoms with Gasteiger partial charge in [0.1, 0.15) is 6.54 Å². The summed E-state index contributed by atoms with van der Waals surface area (Å²) in [6.45, 7) is -1.27. The van der Waals surface area contributed by atoms with Gasteiger partial charge in [0.05, 0.1) is 5.92 Å². The number of alkyl halides is 3. The molecule has 0 aromatic heterocycles. The third-order valence-corrected chi connectivity index (χ3v) is 2.62. The Morgan fingerprint density at radius 3 is 2.47 bits per heavy atom. The van der Waals surface area contributed by atoms with Gasteiger partial charge in [-0.2, -0.15) is 13.2 Å². The molecule has 2 atom stereocenters. The Bertz CT molecular complexity index is 230. The molecule has 0 saturated heterocycles. The molecular formula is C9H15F3N2O. The summed E-state index contributed by atoms with van der Waals surface area (Å²) in [5, 5.41) is 1.88. The topological polar surface area (TPSA) is 55.1 Å². The van der Waals surface area contributed by atoms with Crippen molar-refractivity contribution in [2.75, 3.05) is 6.54 Å². The van der Waals surface area contributed by atoms with Gasteiger partial charge >= 0.3 is 6.18 Å². The van der Waals surface area contributed by atoms with E-state index in [-0.39, 0.29) is 6.04 Å². The molecule has 0 aromatic rings. The maximum absolute atomic E-state index is 11.8. The first-order chi connectivity index (χ1) is 6.90. The quantitative estimate of drug-likeness (QED) is 0.740. The molecule has 6 heteroatoms. The predicted octanol–water partition coefficient (Wildman–Crippen LogP) is 1.18. The molecule has 0 heterocycles. The summed E-state index contributed by atoms with van der Waals surface area (Å²) in [7, 11) is 0. The fourth-order valence-corrected chi connectivity index (χ4v) is 1.80. The summed E-state index contributed by atoms with van der Waals surface area (Å²) < 4.78 is 35.5. The zero-order valence-electron chi connectivity index (χ0n) is 8.31. The lowest BCUT2D eigenvalue weighted by Crippen LogP contribution is -2.45. The van der Waals surface area contributed by atoms with Gasteiger partial charge in [-0.3, -0.25) is 4.79 Å². The van der Waals surface area contributed by atoms with Crippen LogP contribution in [0.5, 0.6) is 0 Å². The largest absolute Gasteiger partial charge is 0.405 e. The van der Waals surface area contributed by atoms with E-state index < -0.39 is 24.5 Å². The predicted molar refractivity (Wildman–Crippen MR) is 49.0 cm³/mol. The van der Waals surface area contributed by atoms with E-state index in [0.29, 0.717) is 12.8 Å². The highest BCUT2D eigenvalue weighted by Gasteiger charge is 2.32. The van der Waals surface area contributed by atoms with Crippen LogP contribution in [-0.2, 0) is 4.79 Å². The smallest absolute Gasteiger partial charge is 0.347 e. The highest BCUT2D eigenvalue weighted by atomic mass is 19.4. The third-order valence-electron chi connectivity index (χ3n) is 2.62. The molecule has 0 radical (unpaired) electrons. The summed E-state index contributed by atoms with van der Waals surface area (Å²) in [5.41, 5.74) is 5.68. The Morgan fingerprint density at radius 2 is 1.93 bits per heavy atom. The molecule has 1 aliphatic carbocycles. The third kappa shape index (κ3) is 4.07. The van der Waals surface area contributed by atoms with Crippen molar-refractivity contribution in [3.63, 3.8) is 0 Å². The highest BCUT2D eigenvalue weighted by molar-refractivity contribution is 5.79. The minimum Gasteiger partial charge on any atom is -0.347 e. The number of hydrogen-bond donors (Lipinski definition) is 2. The number of halogens is 3. The Kier molecular flexibility index (Phi) is 3.96. The minimum absolute atomic E-state index is 0.299. The Hall–Kier alpha value is -0.780. The molecule has 1 rings (SSSR count). The lowest BCUT2D eigenvalue weighted by Gasteiger charge is -2.27. The first kappa shape index (κ1) is 12.3. The average Bonchev–Trinajstić information content (AvgIpc) is 2.14. The van der Waals surface area contributed by atoms with E-state index >= 15 is 0 Å². The van der Waals surface area contributed by atoms with E-state index in [1.165, 1.54) is 0 Å². The van der Waals surface area contributed by atoms with E-state index in [2.05, 4.69) is 0 Å². The number of nitrogens with one attached hydrogen (secondary N) is 1. The van der Waals surface area contributed by atoms with Crippen LogP contribution in [0, 0.1) is 5.92 Å². The number of nitrogens with two attached hydrogens (primary N) is 1. The molecule has 0 aliphatic heterocycles. The molecule has 1 aliphatic rings. The van der Waals surface area contributed by atoms with Crippen molar-refractivity contribution in [2.24, 2.45) is 11.7 Å².